The maximum Gasteiger partial charge on any atom is 0.306 e. The van der Waals surface area contributed by atoms with Crippen molar-refractivity contribution in [2.24, 2.45) is 0 Å². The highest BCUT2D eigenvalue weighted by molar-refractivity contribution is 5.69. The molecule has 0 aliphatic heterocycles. The van der Waals surface area contributed by atoms with Crippen LogP contribution in [0.1, 0.15) is 18.4 Å². The van der Waals surface area contributed by atoms with Crippen LogP contribution in [0.5, 0.6) is 0 Å². The summed E-state index contributed by atoms with van der Waals surface area (Å²) >= 11 is 0. The Balaban J connectivity index is 2.24. The fourth-order valence-corrected chi connectivity index (χ4v) is 1.03. The van der Waals surface area contributed by atoms with Crippen molar-refractivity contribution in [1.82, 2.24) is 0 Å². The first-order valence-corrected chi connectivity index (χ1v) is 4.63. The van der Waals surface area contributed by atoms with E-state index in [1.165, 1.54) is 0 Å². The number of carbonyl (C=O) groups excluding carboxylic acids is 1. The lowest BCUT2D eigenvalue weighted by Gasteiger charge is -2.03. The van der Waals surface area contributed by atoms with Crippen LogP contribution in [0.15, 0.2) is 30.3 Å². The van der Waals surface area contributed by atoms with Crippen LogP contribution in [0, 0.1) is 0 Å². The van der Waals surface area contributed by atoms with E-state index >= 15 is 0 Å². The van der Waals surface area contributed by atoms with E-state index < -0.39 is 0 Å². The van der Waals surface area contributed by atoms with Crippen LogP contribution in [0.2, 0.25) is 0 Å². The molecule has 0 radical (unpaired) electrons. The molecule has 1 rings (SSSR count). The Bertz CT molecular complexity index is 269. The van der Waals surface area contributed by atoms with Crippen LogP contribution in [-0.2, 0) is 16.1 Å². The van der Waals surface area contributed by atoms with Crippen LogP contribution in [0.3, 0.4) is 0 Å². The van der Waals surface area contributed by atoms with Gasteiger partial charge in [-0.15, -0.1) is 0 Å². The summed E-state index contributed by atoms with van der Waals surface area (Å²) in [5.41, 5.74) is 0.977. The van der Waals surface area contributed by atoms with Gasteiger partial charge >= 0.3 is 5.97 Å². The van der Waals surface area contributed by atoms with Gasteiger partial charge in [0, 0.05) is 13.0 Å². The van der Waals surface area contributed by atoms with E-state index in [0.717, 1.165) is 5.56 Å². The second-order valence-electron chi connectivity index (χ2n) is 2.97. The number of hydrogen-bond acceptors (Lipinski definition) is 3. The molecule has 76 valence electrons. The molecule has 0 spiro atoms. The molecule has 0 bridgehead atoms. The molecular formula is C11H14O3. The minimum Gasteiger partial charge on any atom is -0.461 e. The lowest BCUT2D eigenvalue weighted by Crippen LogP contribution is -2.05. The number of hydrogen-bond donors (Lipinski definition) is 1. The molecule has 14 heavy (non-hydrogen) atoms. The van der Waals surface area contributed by atoms with E-state index in [1.807, 2.05) is 30.3 Å². The smallest absolute Gasteiger partial charge is 0.306 e. The van der Waals surface area contributed by atoms with Crippen LogP contribution < -0.4 is 0 Å². The van der Waals surface area contributed by atoms with Gasteiger partial charge in [0.2, 0.25) is 0 Å². The first-order chi connectivity index (χ1) is 6.83. The second-order valence-corrected chi connectivity index (χ2v) is 2.97. The number of rotatable bonds is 5. The number of ether oxygens (including phenoxy) is 1. The monoisotopic (exact) mass is 194 g/mol. The number of carbonyl (C=O) groups is 1. The summed E-state index contributed by atoms with van der Waals surface area (Å²) in [5.74, 6) is -0.261. The third-order valence-electron chi connectivity index (χ3n) is 1.78. The van der Waals surface area contributed by atoms with Crippen molar-refractivity contribution in [3.63, 3.8) is 0 Å². The standard InChI is InChI=1S/C11H14O3/c12-8-4-7-11(13)14-9-10-5-2-1-3-6-10/h1-3,5-6,12H,4,7-9H2. The molecule has 3 nitrogen and oxygen atoms in total. The first-order valence-electron chi connectivity index (χ1n) is 4.63. The minimum atomic E-state index is -0.261. The van der Waals surface area contributed by atoms with Gasteiger partial charge in [-0.1, -0.05) is 30.3 Å². The molecule has 0 fully saturated rings. The van der Waals surface area contributed by atoms with Gasteiger partial charge in [-0.25, -0.2) is 0 Å². The molecule has 0 heterocycles. The molecular weight excluding hydrogens is 180 g/mol. The first kappa shape index (κ1) is 10.7. The third-order valence-corrected chi connectivity index (χ3v) is 1.78. The molecule has 0 atom stereocenters. The topological polar surface area (TPSA) is 46.5 Å². The van der Waals surface area contributed by atoms with Gasteiger partial charge in [0.25, 0.3) is 0 Å². The summed E-state index contributed by atoms with van der Waals surface area (Å²) in [6.45, 7) is 0.339. The van der Waals surface area contributed by atoms with Gasteiger partial charge in [-0.2, -0.15) is 0 Å². The van der Waals surface area contributed by atoms with Crippen molar-refractivity contribution in [3.05, 3.63) is 35.9 Å². The Hall–Kier alpha value is -1.35. The highest BCUT2D eigenvalue weighted by Crippen LogP contribution is 2.02. The Morgan fingerprint density at radius 1 is 1.29 bits per heavy atom. The van der Waals surface area contributed by atoms with E-state index in [0.29, 0.717) is 13.0 Å². The van der Waals surface area contributed by atoms with E-state index in [9.17, 15) is 4.79 Å². The third kappa shape index (κ3) is 4.05. The second kappa shape index (κ2) is 6.16. The number of aliphatic hydroxyl groups excluding tert-OH is 1. The average Bonchev–Trinajstić information content (AvgIpc) is 2.25. The molecule has 0 aromatic heterocycles. The van der Waals surface area contributed by atoms with Crippen LogP contribution in [-0.4, -0.2) is 17.7 Å². The normalized spacial score (nSPS) is 9.79. The quantitative estimate of drug-likeness (QED) is 0.722. The van der Waals surface area contributed by atoms with Gasteiger partial charge in [0.1, 0.15) is 6.61 Å². The summed E-state index contributed by atoms with van der Waals surface area (Å²) in [4.78, 5) is 11.0. The molecule has 1 aromatic rings. The summed E-state index contributed by atoms with van der Waals surface area (Å²) in [6.07, 6.45) is 0.747. The van der Waals surface area contributed by atoms with Gasteiger partial charge in [-0.05, 0) is 12.0 Å². The number of aliphatic hydroxyl groups is 1. The molecule has 0 unspecified atom stereocenters. The van der Waals surface area contributed by atoms with Crippen molar-refractivity contribution in [3.8, 4) is 0 Å². The molecule has 0 aliphatic carbocycles. The van der Waals surface area contributed by atoms with Gasteiger partial charge in [0.15, 0.2) is 0 Å². The van der Waals surface area contributed by atoms with Crippen LogP contribution in [0.4, 0.5) is 0 Å². The minimum absolute atomic E-state index is 0.0282. The maximum atomic E-state index is 11.0. The highest BCUT2D eigenvalue weighted by atomic mass is 16.5. The Kier molecular flexibility index (Phi) is 4.72. The largest absolute Gasteiger partial charge is 0.461 e. The fraction of sp³-hybridized carbons (Fsp3) is 0.364. The van der Waals surface area contributed by atoms with Crippen molar-refractivity contribution in [2.75, 3.05) is 6.61 Å². The van der Waals surface area contributed by atoms with Gasteiger partial charge < -0.3 is 9.84 Å². The van der Waals surface area contributed by atoms with Gasteiger partial charge in [-0.3, -0.25) is 4.79 Å². The summed E-state index contributed by atoms with van der Waals surface area (Å²) in [6, 6.07) is 9.52. The molecule has 0 amide bonds. The van der Waals surface area contributed by atoms with Crippen molar-refractivity contribution >= 4 is 5.97 Å². The zero-order valence-electron chi connectivity index (χ0n) is 7.98. The maximum absolute atomic E-state index is 11.0. The molecule has 1 aromatic carbocycles. The molecule has 3 heteroatoms. The van der Waals surface area contributed by atoms with Crippen molar-refractivity contribution in [2.45, 2.75) is 19.4 Å². The average molecular weight is 194 g/mol. The van der Waals surface area contributed by atoms with Crippen molar-refractivity contribution in [1.29, 1.82) is 0 Å². The fourth-order valence-electron chi connectivity index (χ4n) is 1.03. The van der Waals surface area contributed by atoms with E-state index in [1.54, 1.807) is 0 Å². The lowest BCUT2D eigenvalue weighted by atomic mass is 10.2. The van der Waals surface area contributed by atoms with E-state index in [2.05, 4.69) is 0 Å². The highest BCUT2D eigenvalue weighted by Gasteiger charge is 2.01. The Labute approximate surface area is 83.3 Å². The summed E-state index contributed by atoms with van der Waals surface area (Å²) in [7, 11) is 0. The summed E-state index contributed by atoms with van der Waals surface area (Å²) in [5, 5.41) is 8.49. The zero-order chi connectivity index (χ0) is 10.2. The molecule has 0 saturated carbocycles. The summed E-state index contributed by atoms with van der Waals surface area (Å²) < 4.78 is 4.98. The zero-order valence-corrected chi connectivity index (χ0v) is 7.98. The molecule has 0 saturated heterocycles. The number of benzene rings is 1. The van der Waals surface area contributed by atoms with Crippen molar-refractivity contribution < 1.29 is 14.6 Å². The SMILES string of the molecule is O=C(CCCO)OCc1ccccc1. The Morgan fingerprint density at radius 3 is 2.64 bits per heavy atom. The Morgan fingerprint density at radius 2 is 2.00 bits per heavy atom. The van der Waals surface area contributed by atoms with E-state index in [4.69, 9.17) is 9.84 Å². The molecule has 0 aliphatic rings. The predicted molar refractivity (Wildman–Crippen MR) is 52.6 cm³/mol. The van der Waals surface area contributed by atoms with Crippen LogP contribution in [0.25, 0.3) is 0 Å². The predicted octanol–water partition coefficient (Wildman–Crippen LogP) is 1.50. The van der Waals surface area contributed by atoms with Crippen LogP contribution >= 0.6 is 0 Å². The molecule has 1 N–H and O–H groups in total. The van der Waals surface area contributed by atoms with Gasteiger partial charge in [0.05, 0.1) is 0 Å². The lowest BCUT2D eigenvalue weighted by molar-refractivity contribution is -0.145. The van der Waals surface area contributed by atoms with E-state index in [-0.39, 0.29) is 19.0 Å². The number of esters is 1.